The number of aryl methyl sites for hydroxylation is 1. The highest BCUT2D eigenvalue weighted by molar-refractivity contribution is 7.92. The molecule has 0 bridgehead atoms. The Morgan fingerprint density at radius 3 is 2.69 bits per heavy atom. The van der Waals surface area contributed by atoms with E-state index in [2.05, 4.69) is 15.3 Å². The van der Waals surface area contributed by atoms with Crippen molar-refractivity contribution in [2.24, 2.45) is 0 Å². The van der Waals surface area contributed by atoms with Crippen LogP contribution in [0.4, 0.5) is 11.4 Å². The van der Waals surface area contributed by atoms with Crippen LogP contribution in [0, 0.1) is 6.92 Å². The molecule has 0 unspecified atom stereocenters. The monoisotopic (exact) mass is 520 g/mol. The van der Waals surface area contributed by atoms with E-state index in [0.29, 0.717) is 24.3 Å². The van der Waals surface area contributed by atoms with Crippen LogP contribution < -0.4 is 9.62 Å². The summed E-state index contributed by atoms with van der Waals surface area (Å²) in [5.41, 5.74) is 4.87. The lowest BCUT2D eigenvalue weighted by Gasteiger charge is -2.22. The van der Waals surface area contributed by atoms with Gasteiger partial charge in [0, 0.05) is 35.6 Å². The van der Waals surface area contributed by atoms with Crippen molar-refractivity contribution in [1.82, 2.24) is 9.97 Å². The second-order valence-electron chi connectivity index (χ2n) is 8.83. The predicted octanol–water partition coefficient (Wildman–Crippen LogP) is 5.83. The van der Waals surface area contributed by atoms with Gasteiger partial charge in [-0.15, -0.1) is 0 Å². The summed E-state index contributed by atoms with van der Waals surface area (Å²) in [4.78, 5) is 22.1. The highest BCUT2D eigenvalue weighted by atomic mass is 35.5. The highest BCUT2D eigenvalue weighted by Crippen LogP contribution is 2.32. The van der Waals surface area contributed by atoms with Gasteiger partial charge in [0.25, 0.3) is 5.91 Å². The number of carbonyl (C=O) groups is 1. The minimum absolute atomic E-state index is 0.115. The molecule has 7 nitrogen and oxygen atoms in total. The fraction of sp³-hybridized carbons (Fsp3) is 0.222. The van der Waals surface area contributed by atoms with E-state index in [1.807, 2.05) is 43.3 Å². The summed E-state index contributed by atoms with van der Waals surface area (Å²) in [5, 5.41) is 4.03. The van der Waals surface area contributed by atoms with E-state index >= 15 is 0 Å². The Morgan fingerprint density at radius 1 is 1.00 bits per heavy atom. The molecular formula is C27H25ClN4O3S. The number of halogens is 1. The molecule has 0 spiro atoms. The standard InChI is InChI=1S/C27H25ClN4O3S/c1-18-7-8-19(16-23(18)26-22-6-5-12-29-25(22)11-13-30-26)31-27(33)21-10-9-20(17-24(21)28)32-14-3-2-4-15-36(32,34)35/h5-13,16-17H,2-4,14-15H2,1H3,(H,31,33). The van der Waals surface area contributed by atoms with Crippen LogP contribution in [0.3, 0.4) is 0 Å². The predicted molar refractivity (Wildman–Crippen MR) is 144 cm³/mol. The maximum Gasteiger partial charge on any atom is 0.257 e. The average Bonchev–Trinajstić information content (AvgIpc) is 3.04. The molecule has 0 radical (unpaired) electrons. The van der Waals surface area contributed by atoms with E-state index in [4.69, 9.17) is 11.6 Å². The van der Waals surface area contributed by atoms with E-state index in [1.54, 1.807) is 30.6 Å². The lowest BCUT2D eigenvalue weighted by atomic mass is 10.0. The first-order valence-electron chi connectivity index (χ1n) is 11.8. The number of benzene rings is 2. The molecule has 2 aromatic heterocycles. The molecule has 0 aliphatic carbocycles. The minimum atomic E-state index is -3.40. The zero-order chi connectivity index (χ0) is 25.3. The van der Waals surface area contributed by atoms with Gasteiger partial charge in [-0.1, -0.05) is 24.1 Å². The SMILES string of the molecule is Cc1ccc(NC(=O)c2ccc(N3CCCCCS3(=O)=O)cc2Cl)cc1-c1nccc2ncccc12. The molecule has 184 valence electrons. The number of pyridine rings is 2. The van der Waals surface area contributed by atoms with E-state index in [-0.39, 0.29) is 22.2 Å². The smallest absolute Gasteiger partial charge is 0.257 e. The molecule has 0 atom stereocenters. The summed E-state index contributed by atoms with van der Waals surface area (Å²) in [6.45, 7) is 2.40. The van der Waals surface area contributed by atoms with Crippen molar-refractivity contribution >= 4 is 49.8 Å². The van der Waals surface area contributed by atoms with Gasteiger partial charge in [0.1, 0.15) is 0 Å². The van der Waals surface area contributed by atoms with Crippen molar-refractivity contribution in [2.45, 2.75) is 26.2 Å². The van der Waals surface area contributed by atoms with Crippen molar-refractivity contribution < 1.29 is 13.2 Å². The van der Waals surface area contributed by atoms with Crippen LogP contribution >= 0.6 is 11.6 Å². The van der Waals surface area contributed by atoms with Gasteiger partial charge in [-0.05, 0) is 73.9 Å². The summed E-state index contributed by atoms with van der Waals surface area (Å²) in [6, 6.07) is 16.1. The van der Waals surface area contributed by atoms with Gasteiger partial charge in [0.05, 0.1) is 33.2 Å². The summed E-state index contributed by atoms with van der Waals surface area (Å²) in [7, 11) is -3.40. The zero-order valence-electron chi connectivity index (χ0n) is 19.7. The summed E-state index contributed by atoms with van der Waals surface area (Å²) in [5.74, 6) is -0.267. The van der Waals surface area contributed by atoms with Gasteiger partial charge < -0.3 is 5.32 Å². The summed E-state index contributed by atoms with van der Waals surface area (Å²) >= 11 is 6.46. The van der Waals surface area contributed by atoms with Crippen LogP contribution in [0.15, 0.2) is 67.0 Å². The van der Waals surface area contributed by atoms with Gasteiger partial charge in [-0.3, -0.25) is 19.1 Å². The number of aromatic nitrogens is 2. The van der Waals surface area contributed by atoms with Gasteiger partial charge in [0.15, 0.2) is 0 Å². The normalized spacial score (nSPS) is 15.4. The molecule has 2 aromatic carbocycles. The third kappa shape index (κ3) is 4.79. The number of carbonyl (C=O) groups excluding carboxylic acids is 1. The first-order chi connectivity index (χ1) is 17.3. The Hall–Kier alpha value is -3.49. The Labute approximate surface area is 215 Å². The first kappa shape index (κ1) is 24.2. The van der Waals surface area contributed by atoms with Crippen molar-refractivity contribution in [3.05, 3.63) is 83.1 Å². The molecule has 1 amide bonds. The summed E-state index contributed by atoms with van der Waals surface area (Å²) in [6.07, 6.45) is 5.77. The van der Waals surface area contributed by atoms with Crippen LogP contribution in [0.1, 0.15) is 35.2 Å². The maximum absolute atomic E-state index is 13.1. The first-order valence-corrected chi connectivity index (χ1v) is 13.7. The summed E-state index contributed by atoms with van der Waals surface area (Å²) < 4.78 is 26.6. The Kier molecular flexibility index (Phi) is 6.64. The minimum Gasteiger partial charge on any atom is -0.322 e. The molecule has 5 rings (SSSR count). The van der Waals surface area contributed by atoms with Crippen LogP contribution in [-0.4, -0.2) is 36.6 Å². The Morgan fingerprint density at radius 2 is 1.86 bits per heavy atom. The fourth-order valence-corrected chi connectivity index (χ4v) is 6.36. The number of rotatable bonds is 4. The molecule has 1 N–H and O–H groups in total. The van der Waals surface area contributed by atoms with Gasteiger partial charge in [-0.25, -0.2) is 8.42 Å². The van der Waals surface area contributed by atoms with E-state index in [1.165, 1.54) is 4.31 Å². The molecule has 1 fully saturated rings. The van der Waals surface area contributed by atoms with Crippen molar-refractivity contribution in [3.63, 3.8) is 0 Å². The van der Waals surface area contributed by atoms with Crippen molar-refractivity contribution in [1.29, 1.82) is 0 Å². The molecule has 1 aliphatic heterocycles. The third-order valence-corrected chi connectivity index (χ3v) is 8.55. The second-order valence-corrected chi connectivity index (χ2v) is 11.2. The Bertz CT molecular complexity index is 1570. The van der Waals surface area contributed by atoms with E-state index in [0.717, 1.165) is 40.6 Å². The zero-order valence-corrected chi connectivity index (χ0v) is 21.3. The number of sulfonamides is 1. The van der Waals surface area contributed by atoms with E-state index in [9.17, 15) is 13.2 Å². The molecule has 36 heavy (non-hydrogen) atoms. The second kappa shape index (κ2) is 9.87. The number of nitrogens with zero attached hydrogens (tertiary/aromatic N) is 3. The number of fused-ring (bicyclic) bond motifs is 1. The lowest BCUT2D eigenvalue weighted by molar-refractivity contribution is 0.102. The van der Waals surface area contributed by atoms with Crippen LogP contribution in [0.25, 0.3) is 22.2 Å². The van der Waals surface area contributed by atoms with Crippen LogP contribution in [-0.2, 0) is 10.0 Å². The Balaban J connectivity index is 1.42. The van der Waals surface area contributed by atoms with Crippen molar-refractivity contribution in [2.75, 3.05) is 21.9 Å². The van der Waals surface area contributed by atoms with E-state index < -0.39 is 10.0 Å². The molecule has 1 saturated heterocycles. The fourth-order valence-electron chi connectivity index (χ4n) is 4.47. The topological polar surface area (TPSA) is 92.3 Å². The average molecular weight is 521 g/mol. The number of hydrogen-bond donors (Lipinski definition) is 1. The lowest BCUT2D eigenvalue weighted by Crippen LogP contribution is -2.32. The number of nitrogens with one attached hydrogen (secondary N) is 1. The highest BCUT2D eigenvalue weighted by Gasteiger charge is 2.25. The molecule has 0 saturated carbocycles. The van der Waals surface area contributed by atoms with Gasteiger partial charge in [0.2, 0.25) is 10.0 Å². The van der Waals surface area contributed by atoms with Crippen LogP contribution in [0.2, 0.25) is 5.02 Å². The van der Waals surface area contributed by atoms with Gasteiger partial charge in [-0.2, -0.15) is 0 Å². The third-order valence-electron chi connectivity index (χ3n) is 6.36. The molecular weight excluding hydrogens is 496 g/mol. The maximum atomic E-state index is 13.1. The molecule has 9 heteroatoms. The number of amides is 1. The van der Waals surface area contributed by atoms with Gasteiger partial charge >= 0.3 is 0 Å². The van der Waals surface area contributed by atoms with Crippen molar-refractivity contribution in [3.8, 4) is 11.3 Å². The molecule has 4 aromatic rings. The number of anilines is 2. The molecule has 1 aliphatic rings. The van der Waals surface area contributed by atoms with Crippen LogP contribution in [0.5, 0.6) is 0 Å². The molecule has 3 heterocycles. The quantitative estimate of drug-likeness (QED) is 0.365. The largest absolute Gasteiger partial charge is 0.322 e. The number of hydrogen-bond acceptors (Lipinski definition) is 5.